The Kier molecular flexibility index (Phi) is 4.91. The van der Waals surface area contributed by atoms with Gasteiger partial charge in [-0.25, -0.2) is 13.4 Å². The lowest BCUT2D eigenvalue weighted by Gasteiger charge is -2.22. The predicted molar refractivity (Wildman–Crippen MR) is 103 cm³/mol. The third-order valence-corrected chi connectivity index (χ3v) is 7.32. The van der Waals surface area contributed by atoms with Crippen LogP contribution in [0.2, 0.25) is 0 Å². The molecule has 0 aliphatic carbocycles. The molecule has 2 aliphatic heterocycles. The van der Waals surface area contributed by atoms with Crippen LogP contribution in [0, 0.1) is 0 Å². The van der Waals surface area contributed by atoms with Crippen molar-refractivity contribution in [2.24, 2.45) is 0 Å². The molecule has 1 fully saturated rings. The molecule has 29 heavy (non-hydrogen) atoms. The number of hydrogen-bond acceptors (Lipinski definition) is 6. The van der Waals surface area contributed by atoms with E-state index in [0.29, 0.717) is 17.9 Å². The van der Waals surface area contributed by atoms with Crippen molar-refractivity contribution in [1.29, 1.82) is 0 Å². The van der Waals surface area contributed by atoms with Crippen molar-refractivity contribution in [1.82, 2.24) is 18.8 Å². The lowest BCUT2D eigenvalue weighted by atomic mass is 10.2. The first-order valence-corrected chi connectivity index (χ1v) is 10.8. The lowest BCUT2D eigenvalue weighted by Crippen LogP contribution is -2.37. The molecular weight excluding hydrogens is 396 g/mol. The minimum atomic E-state index is -3.98. The lowest BCUT2D eigenvalue weighted by molar-refractivity contribution is -0.140. The monoisotopic (exact) mass is 418 g/mol. The average molecular weight is 418 g/mol. The Hall–Kier alpha value is -2.72. The molecule has 0 spiro atoms. The van der Waals surface area contributed by atoms with Gasteiger partial charge in [0.25, 0.3) is 5.91 Å². The first kappa shape index (κ1) is 19.6. The molecule has 2 aliphatic rings. The molecule has 0 saturated carbocycles. The van der Waals surface area contributed by atoms with Crippen LogP contribution in [-0.2, 0) is 26.1 Å². The second kappa shape index (κ2) is 7.27. The molecule has 10 heteroatoms. The SMILES string of the molecule is COC(=O)CN1Cc2c(C(=O)N3CCC[C@H]3C)ncn2-c2ccccc2S1(=O)=O. The van der Waals surface area contributed by atoms with E-state index >= 15 is 0 Å². The normalized spacial score (nSPS) is 20.6. The maximum Gasteiger partial charge on any atom is 0.321 e. The van der Waals surface area contributed by atoms with Crippen molar-refractivity contribution >= 4 is 21.9 Å². The number of rotatable bonds is 3. The van der Waals surface area contributed by atoms with Gasteiger partial charge in [0.2, 0.25) is 10.0 Å². The van der Waals surface area contributed by atoms with Gasteiger partial charge >= 0.3 is 5.97 Å². The summed E-state index contributed by atoms with van der Waals surface area (Å²) in [6.07, 6.45) is 3.32. The highest BCUT2D eigenvalue weighted by atomic mass is 32.2. The van der Waals surface area contributed by atoms with Crippen molar-refractivity contribution in [3.05, 3.63) is 42.0 Å². The zero-order valence-electron chi connectivity index (χ0n) is 16.2. The fourth-order valence-corrected chi connectivity index (χ4v) is 5.42. The Morgan fingerprint density at radius 3 is 2.72 bits per heavy atom. The Balaban J connectivity index is 1.85. The minimum Gasteiger partial charge on any atom is -0.468 e. The number of benzene rings is 1. The third kappa shape index (κ3) is 3.22. The number of imidazole rings is 1. The van der Waals surface area contributed by atoms with Gasteiger partial charge < -0.3 is 9.64 Å². The first-order chi connectivity index (χ1) is 13.8. The summed E-state index contributed by atoms with van der Waals surface area (Å²) in [7, 11) is -2.77. The number of ether oxygens (including phenoxy) is 1. The van der Waals surface area contributed by atoms with Crippen molar-refractivity contribution in [3.8, 4) is 5.69 Å². The van der Waals surface area contributed by atoms with Gasteiger partial charge in [-0.3, -0.25) is 14.2 Å². The molecule has 9 nitrogen and oxygen atoms in total. The number of methoxy groups -OCH3 is 1. The molecule has 4 rings (SSSR count). The van der Waals surface area contributed by atoms with Gasteiger partial charge in [0.15, 0.2) is 5.69 Å². The van der Waals surface area contributed by atoms with Crippen LogP contribution in [-0.4, -0.2) is 65.3 Å². The summed E-state index contributed by atoms with van der Waals surface area (Å²) in [5, 5.41) is 0. The highest BCUT2D eigenvalue weighted by molar-refractivity contribution is 7.89. The molecular formula is C19H22N4O5S. The number of hydrogen-bond donors (Lipinski definition) is 0. The van der Waals surface area contributed by atoms with E-state index < -0.39 is 22.5 Å². The van der Waals surface area contributed by atoms with Crippen LogP contribution >= 0.6 is 0 Å². The average Bonchev–Trinajstić information content (AvgIpc) is 3.31. The van der Waals surface area contributed by atoms with Crippen LogP contribution in [0.4, 0.5) is 0 Å². The first-order valence-electron chi connectivity index (χ1n) is 9.38. The van der Waals surface area contributed by atoms with Gasteiger partial charge in [-0.1, -0.05) is 12.1 Å². The summed E-state index contributed by atoms with van der Waals surface area (Å²) >= 11 is 0. The topological polar surface area (TPSA) is 102 Å². The fourth-order valence-electron chi connectivity index (χ4n) is 3.90. The van der Waals surface area contributed by atoms with Crippen LogP contribution < -0.4 is 0 Å². The van der Waals surface area contributed by atoms with E-state index in [1.165, 1.54) is 19.5 Å². The van der Waals surface area contributed by atoms with Crippen molar-refractivity contribution in [2.45, 2.75) is 37.2 Å². The van der Waals surface area contributed by atoms with Gasteiger partial charge in [0.1, 0.15) is 17.8 Å². The number of likely N-dealkylation sites (tertiary alicyclic amines) is 1. The molecule has 1 aromatic carbocycles. The molecule has 3 heterocycles. The smallest absolute Gasteiger partial charge is 0.321 e. The number of fused-ring (bicyclic) bond motifs is 3. The van der Waals surface area contributed by atoms with Crippen LogP contribution in [0.25, 0.3) is 5.69 Å². The summed E-state index contributed by atoms with van der Waals surface area (Å²) in [6, 6.07) is 6.58. The van der Waals surface area contributed by atoms with Crippen LogP contribution in [0.3, 0.4) is 0 Å². The highest BCUT2D eigenvalue weighted by Crippen LogP contribution is 2.32. The molecule has 1 saturated heterocycles. The summed E-state index contributed by atoms with van der Waals surface area (Å²) in [4.78, 5) is 31.2. The van der Waals surface area contributed by atoms with Gasteiger partial charge in [-0.05, 0) is 31.9 Å². The largest absolute Gasteiger partial charge is 0.468 e. The van der Waals surface area contributed by atoms with E-state index in [-0.39, 0.29) is 29.1 Å². The van der Waals surface area contributed by atoms with Crippen molar-refractivity contribution in [3.63, 3.8) is 0 Å². The third-order valence-electron chi connectivity index (χ3n) is 5.48. The second-order valence-corrected chi connectivity index (χ2v) is 9.12. The molecule has 1 amide bonds. The van der Waals surface area contributed by atoms with Crippen LogP contribution in [0.1, 0.15) is 35.9 Å². The standard InChI is InChI=1S/C19H22N4O5S/c1-13-6-5-9-22(13)19(25)18-15-10-21(11-17(24)28-2)29(26,27)16-8-4-3-7-14(16)23(15)12-20-18/h3-4,7-8,12-13H,5-6,9-11H2,1-2H3/t13-/m1/s1. The summed E-state index contributed by atoms with van der Waals surface area (Å²) < 4.78 is 33.8. The van der Waals surface area contributed by atoms with Crippen LogP contribution in [0.15, 0.2) is 35.5 Å². The molecule has 0 unspecified atom stereocenters. The van der Waals surface area contributed by atoms with E-state index in [4.69, 9.17) is 0 Å². The van der Waals surface area contributed by atoms with Crippen molar-refractivity contribution < 1.29 is 22.7 Å². The van der Waals surface area contributed by atoms with E-state index in [1.807, 2.05) is 6.92 Å². The Morgan fingerprint density at radius 2 is 2.03 bits per heavy atom. The Bertz CT molecular complexity index is 1080. The quantitative estimate of drug-likeness (QED) is 0.694. The summed E-state index contributed by atoms with van der Waals surface area (Å²) in [5.74, 6) is -0.904. The molecule has 1 atom stereocenters. The number of carbonyl (C=O) groups is 2. The summed E-state index contributed by atoms with van der Waals surface area (Å²) in [6.45, 7) is 2.03. The zero-order valence-corrected chi connectivity index (χ0v) is 17.1. The Morgan fingerprint density at radius 1 is 1.28 bits per heavy atom. The number of sulfonamides is 1. The van der Waals surface area contributed by atoms with E-state index in [0.717, 1.165) is 17.1 Å². The molecule has 0 N–H and O–H groups in total. The molecule has 2 aromatic rings. The van der Waals surface area contributed by atoms with Gasteiger partial charge in [-0.2, -0.15) is 4.31 Å². The predicted octanol–water partition coefficient (Wildman–Crippen LogP) is 1.17. The van der Waals surface area contributed by atoms with Gasteiger partial charge in [0.05, 0.1) is 25.0 Å². The van der Waals surface area contributed by atoms with E-state index in [2.05, 4.69) is 9.72 Å². The number of amides is 1. The number of aromatic nitrogens is 2. The van der Waals surface area contributed by atoms with Crippen molar-refractivity contribution in [2.75, 3.05) is 20.2 Å². The van der Waals surface area contributed by atoms with E-state index in [1.54, 1.807) is 27.7 Å². The highest BCUT2D eigenvalue weighted by Gasteiger charge is 2.37. The molecule has 0 radical (unpaired) electrons. The maximum atomic E-state index is 13.2. The summed E-state index contributed by atoms with van der Waals surface area (Å²) in [5.41, 5.74) is 1.04. The van der Waals surface area contributed by atoms with Gasteiger partial charge in [-0.15, -0.1) is 0 Å². The zero-order chi connectivity index (χ0) is 20.8. The Labute approximate surface area is 168 Å². The number of esters is 1. The second-order valence-electron chi connectivity index (χ2n) is 7.22. The van der Waals surface area contributed by atoms with E-state index in [9.17, 15) is 18.0 Å². The number of nitrogens with zero attached hydrogens (tertiary/aromatic N) is 4. The fraction of sp³-hybridized carbons (Fsp3) is 0.421. The molecule has 0 bridgehead atoms. The number of carbonyl (C=O) groups excluding carboxylic acids is 2. The minimum absolute atomic E-state index is 0.0496. The van der Waals surface area contributed by atoms with Gasteiger partial charge in [0, 0.05) is 12.6 Å². The van der Waals surface area contributed by atoms with Crippen LogP contribution in [0.5, 0.6) is 0 Å². The maximum absolute atomic E-state index is 13.2. The molecule has 154 valence electrons. The molecule has 1 aromatic heterocycles. The number of para-hydroxylation sites is 1.